The van der Waals surface area contributed by atoms with Gasteiger partial charge in [0, 0.05) is 15.2 Å². The van der Waals surface area contributed by atoms with Crippen LogP contribution in [0.1, 0.15) is 20.8 Å². The number of rotatable bonds is 6. The number of hydrogen-bond acceptors (Lipinski definition) is 1. The van der Waals surface area contributed by atoms with Crippen LogP contribution in [0.3, 0.4) is 0 Å². The maximum atomic E-state index is 7.73. The zero-order valence-electron chi connectivity index (χ0n) is 23.4. The van der Waals surface area contributed by atoms with Crippen molar-refractivity contribution in [3.8, 4) is 0 Å². The van der Waals surface area contributed by atoms with E-state index >= 15 is 0 Å². The van der Waals surface area contributed by atoms with Gasteiger partial charge in [-0.15, -0.1) is 0 Å². The van der Waals surface area contributed by atoms with Crippen molar-refractivity contribution in [1.82, 2.24) is 0 Å². The van der Waals surface area contributed by atoms with Gasteiger partial charge >= 0.3 is 0 Å². The first-order valence-corrected chi connectivity index (χ1v) is 33.1. The Bertz CT molecular complexity index is 655. The van der Waals surface area contributed by atoms with Crippen molar-refractivity contribution in [1.29, 1.82) is 0 Å². The third-order valence-corrected chi connectivity index (χ3v) is 55.6. The fourth-order valence-corrected chi connectivity index (χ4v) is 89.7. The molecule has 1 unspecified atom stereocenters. The molecule has 0 aromatic heterocycles. The molecule has 1 nitrogen and oxygen atoms in total. The second kappa shape index (κ2) is 7.25. The molecule has 0 radical (unpaired) electrons. The van der Waals surface area contributed by atoms with Crippen LogP contribution in [0.5, 0.6) is 0 Å². The van der Waals surface area contributed by atoms with Gasteiger partial charge in [0.25, 0.3) is 0 Å². The lowest BCUT2D eigenvalue weighted by Gasteiger charge is -2.78. The predicted octanol–water partition coefficient (Wildman–Crippen LogP) is 8.05. The lowest BCUT2D eigenvalue weighted by Crippen LogP contribution is -2.96. The fraction of sp³-hybridized carbons (Fsp3) is 0.909. The Kier molecular flexibility index (Phi) is 7.01. The van der Waals surface area contributed by atoms with Crippen LogP contribution in [-0.4, -0.2) is 52.0 Å². The first-order chi connectivity index (χ1) is 12.2. The van der Waals surface area contributed by atoms with E-state index in [1.807, 2.05) is 5.20 Å². The minimum Gasteiger partial charge on any atom is -0.411 e. The van der Waals surface area contributed by atoms with Gasteiger partial charge in [0.2, 0.25) is 0 Å². The second-order valence-corrected chi connectivity index (χ2v) is 57.3. The van der Waals surface area contributed by atoms with E-state index in [9.17, 15) is 0 Å². The van der Waals surface area contributed by atoms with Gasteiger partial charge in [-0.25, -0.2) is 0 Å². The van der Waals surface area contributed by atoms with Crippen molar-refractivity contribution < 1.29 is 4.43 Å². The molecule has 172 valence electrons. The van der Waals surface area contributed by atoms with Gasteiger partial charge in [-0.05, 0) is 25.1 Å². The van der Waals surface area contributed by atoms with Crippen LogP contribution in [0.15, 0.2) is 10.0 Å². The lowest BCUT2D eigenvalue weighted by molar-refractivity contribution is 0.0608. The normalized spacial score (nSPS) is 24.6. The maximum Gasteiger partial charge on any atom is 0.184 e. The first kappa shape index (κ1) is 28.0. The minimum absolute atomic E-state index is 0.0551. The molecule has 0 aliphatic carbocycles. The van der Waals surface area contributed by atoms with E-state index in [0.29, 0.717) is 0 Å². The summed E-state index contributed by atoms with van der Waals surface area (Å²) in [5.74, 6) is 0. The quantitative estimate of drug-likeness (QED) is 0.334. The lowest BCUT2D eigenvalue weighted by atomic mass is 9.87. The molecule has 0 bridgehead atoms. The molecule has 29 heavy (non-hydrogen) atoms. The first-order valence-electron chi connectivity index (χ1n) is 11.7. The third kappa shape index (κ3) is 4.19. The van der Waals surface area contributed by atoms with Crippen LogP contribution in [0.4, 0.5) is 0 Å². The van der Waals surface area contributed by atoms with Crippen molar-refractivity contribution in [3.05, 3.63) is 10.0 Å². The van der Waals surface area contributed by atoms with Gasteiger partial charge < -0.3 is 4.43 Å². The summed E-state index contributed by atoms with van der Waals surface area (Å²) < 4.78 is 7.73. The zero-order valence-corrected chi connectivity index (χ0v) is 29.4. The third-order valence-electron chi connectivity index (χ3n) is 6.77. The monoisotopic (exact) mass is 502 g/mol. The van der Waals surface area contributed by atoms with Gasteiger partial charge in [0.15, 0.2) is 8.32 Å². The molecule has 1 aliphatic rings. The van der Waals surface area contributed by atoms with E-state index in [2.05, 4.69) is 124 Å². The van der Waals surface area contributed by atoms with Gasteiger partial charge in [0.1, 0.15) is 7.11 Å². The molecule has 0 aromatic carbocycles. The summed E-state index contributed by atoms with van der Waals surface area (Å²) in [5.41, 5.74) is 0.166. The fourth-order valence-electron chi connectivity index (χ4n) is 7.11. The summed E-state index contributed by atoms with van der Waals surface area (Å²) in [6.07, 6.45) is 0. The highest BCUT2D eigenvalue weighted by Crippen LogP contribution is 2.67. The van der Waals surface area contributed by atoms with Crippen LogP contribution in [-0.2, 0) is 4.43 Å². The Morgan fingerprint density at radius 3 is 1.14 bits per heavy atom. The molecule has 0 fully saturated rings. The van der Waals surface area contributed by atoms with Crippen molar-refractivity contribution in [2.45, 2.75) is 124 Å². The molecule has 0 saturated carbocycles. The van der Waals surface area contributed by atoms with Crippen LogP contribution < -0.4 is 0 Å². The molecule has 1 atom stereocenters. The largest absolute Gasteiger partial charge is 0.411 e. The van der Waals surface area contributed by atoms with Gasteiger partial charge in [0.05, 0.1) is 21.4 Å². The van der Waals surface area contributed by atoms with E-state index < -0.39 is 46.8 Å². The van der Waals surface area contributed by atoms with Crippen molar-refractivity contribution in [3.63, 3.8) is 0 Å². The summed E-state index contributed by atoms with van der Waals surface area (Å²) >= 11 is 0. The molecule has 7 heteroatoms. The summed E-state index contributed by atoms with van der Waals surface area (Å²) in [6, 6.07) is 0. The van der Waals surface area contributed by atoms with Crippen molar-refractivity contribution >= 4 is 46.8 Å². The highest BCUT2D eigenvalue weighted by Gasteiger charge is 2.81. The summed E-state index contributed by atoms with van der Waals surface area (Å²) in [4.78, 5) is 2.11. The van der Waals surface area contributed by atoms with Gasteiger partial charge in [-0.3, -0.25) is 0 Å². The molecule has 0 aromatic rings. The predicted molar refractivity (Wildman–Crippen MR) is 153 cm³/mol. The Hall–Kier alpha value is 1.00. The summed E-state index contributed by atoms with van der Waals surface area (Å²) in [7, 11) is -9.60. The molecule has 0 spiro atoms. The average Bonchev–Trinajstić information content (AvgIpc) is 2.23. The standard InChI is InChI=1S/C22H54OSi6/c1-21(2,3)22(23-26(10,11)12)19(24(4,5)6)20(25(7,8)9)29(22,27(13,14)15)28(16,17)18/h1-18H3. The molecule has 1 aliphatic heterocycles. The van der Waals surface area contributed by atoms with E-state index in [4.69, 9.17) is 4.43 Å². The number of hydrogen-bond donors (Lipinski definition) is 0. The van der Waals surface area contributed by atoms with Crippen LogP contribution >= 0.6 is 0 Å². The maximum absolute atomic E-state index is 7.73. The van der Waals surface area contributed by atoms with E-state index in [-0.39, 0.29) is 10.6 Å². The Morgan fingerprint density at radius 2 is 0.966 bits per heavy atom. The Labute approximate surface area is 190 Å². The van der Waals surface area contributed by atoms with Crippen molar-refractivity contribution in [2.24, 2.45) is 5.41 Å². The van der Waals surface area contributed by atoms with Crippen LogP contribution in [0.25, 0.3) is 0 Å². The zero-order chi connectivity index (χ0) is 23.9. The van der Waals surface area contributed by atoms with E-state index in [1.165, 1.54) is 0 Å². The summed E-state index contributed by atoms with van der Waals surface area (Å²) in [5, 5.41) is 1.95. The Balaban J connectivity index is 4.49. The van der Waals surface area contributed by atoms with Crippen LogP contribution in [0, 0.1) is 5.41 Å². The van der Waals surface area contributed by atoms with E-state index in [0.717, 1.165) is 0 Å². The van der Waals surface area contributed by atoms with E-state index in [1.54, 1.807) is 0 Å². The SMILES string of the molecule is CC(C)(C)C1(O[Si](C)(C)C)C([Si](C)(C)C)=C([Si](C)(C)C)[Si]1([Si](C)(C)C)[Si](C)(C)C. The summed E-state index contributed by atoms with van der Waals surface area (Å²) in [6.45, 7) is 47.1. The highest BCUT2D eigenvalue weighted by molar-refractivity contribution is 7.75. The van der Waals surface area contributed by atoms with Gasteiger partial charge in [-0.1, -0.05) is 109 Å². The molecule has 0 N–H and O–H groups in total. The Morgan fingerprint density at radius 1 is 0.621 bits per heavy atom. The minimum atomic E-state index is -1.84. The second-order valence-electron chi connectivity index (χ2n) is 15.6. The molecule has 1 rings (SSSR count). The van der Waals surface area contributed by atoms with Crippen molar-refractivity contribution in [2.75, 3.05) is 0 Å². The molecule has 1 heterocycles. The topological polar surface area (TPSA) is 9.23 Å². The highest BCUT2D eigenvalue weighted by atomic mass is 29.6. The average molecular weight is 503 g/mol. The molecular formula is C22H54OSi6. The van der Waals surface area contributed by atoms with Gasteiger partial charge in [-0.2, -0.15) is 0 Å². The molecule has 0 amide bonds. The smallest absolute Gasteiger partial charge is 0.184 e. The van der Waals surface area contributed by atoms with Crippen LogP contribution in [0.2, 0.25) is 98.2 Å². The molecule has 0 saturated heterocycles. The molecular weight excluding hydrogens is 449 g/mol.